The molecular weight excluding hydrogens is 403 g/mol. The Bertz CT molecular complexity index is 940. The van der Waals surface area contributed by atoms with Crippen LogP contribution in [-0.2, 0) is 16.0 Å². The van der Waals surface area contributed by atoms with E-state index < -0.39 is 18.5 Å². The third kappa shape index (κ3) is 5.74. The maximum absolute atomic E-state index is 12.4. The molecule has 0 saturated heterocycles. The number of ether oxygens (including phenoxy) is 1. The summed E-state index contributed by atoms with van der Waals surface area (Å²) in [6.45, 7) is 1.43. The van der Waals surface area contributed by atoms with Crippen molar-refractivity contribution >= 4 is 46.8 Å². The number of anilines is 1. The van der Waals surface area contributed by atoms with Crippen LogP contribution < -0.4 is 10.1 Å². The molecule has 2 aromatic carbocycles. The van der Waals surface area contributed by atoms with Crippen LogP contribution in [0.15, 0.2) is 42.0 Å². The van der Waals surface area contributed by atoms with Crippen molar-refractivity contribution in [1.82, 2.24) is 0 Å². The summed E-state index contributed by atoms with van der Waals surface area (Å²) in [6.07, 6.45) is 2.21. The number of halogens is 2. The van der Waals surface area contributed by atoms with E-state index in [0.717, 1.165) is 12.0 Å². The lowest BCUT2D eigenvalue weighted by molar-refractivity contribution is -0.139. The van der Waals surface area contributed by atoms with Crippen molar-refractivity contribution in [2.24, 2.45) is 0 Å². The van der Waals surface area contributed by atoms with Gasteiger partial charge in [0.25, 0.3) is 5.91 Å². The second kappa shape index (κ2) is 9.79. The molecule has 6 nitrogen and oxygen atoms in total. The molecule has 2 rings (SSSR count). The van der Waals surface area contributed by atoms with Crippen molar-refractivity contribution in [1.29, 1.82) is 5.26 Å². The summed E-state index contributed by atoms with van der Waals surface area (Å²) in [5.74, 6) is -1.74. The fourth-order valence-corrected chi connectivity index (χ4v) is 2.89. The molecule has 0 aromatic heterocycles. The van der Waals surface area contributed by atoms with E-state index in [1.807, 2.05) is 25.1 Å². The van der Waals surface area contributed by atoms with Crippen molar-refractivity contribution in [3.8, 4) is 11.8 Å². The summed E-state index contributed by atoms with van der Waals surface area (Å²) in [6, 6.07) is 12.0. The molecule has 0 aliphatic rings. The third-order valence-corrected chi connectivity index (χ3v) is 4.22. The summed E-state index contributed by atoms with van der Waals surface area (Å²) in [4.78, 5) is 23.0. The highest BCUT2D eigenvalue weighted by Crippen LogP contribution is 2.35. The minimum Gasteiger partial charge on any atom is -0.479 e. The van der Waals surface area contributed by atoms with Gasteiger partial charge in [-0.3, -0.25) is 4.79 Å². The van der Waals surface area contributed by atoms with Crippen molar-refractivity contribution in [2.75, 3.05) is 11.9 Å². The van der Waals surface area contributed by atoms with Gasteiger partial charge in [0.2, 0.25) is 0 Å². The number of benzene rings is 2. The number of hydrogen-bond donors (Lipinski definition) is 2. The van der Waals surface area contributed by atoms with Crippen molar-refractivity contribution in [2.45, 2.75) is 13.3 Å². The molecule has 0 bridgehead atoms. The van der Waals surface area contributed by atoms with Crippen LogP contribution in [0, 0.1) is 11.3 Å². The van der Waals surface area contributed by atoms with Gasteiger partial charge in [-0.05, 0) is 47.9 Å². The normalized spacial score (nSPS) is 10.9. The first-order valence-corrected chi connectivity index (χ1v) is 8.95. The first-order valence-electron chi connectivity index (χ1n) is 8.19. The van der Waals surface area contributed by atoms with Crippen LogP contribution in [-0.4, -0.2) is 23.6 Å². The summed E-state index contributed by atoms with van der Waals surface area (Å²) >= 11 is 12.1. The molecular formula is C20H16Cl2N2O4. The molecule has 0 fully saturated rings. The molecule has 0 aliphatic carbocycles. The van der Waals surface area contributed by atoms with E-state index >= 15 is 0 Å². The monoisotopic (exact) mass is 418 g/mol. The fraction of sp³-hybridized carbons (Fsp3) is 0.150. The van der Waals surface area contributed by atoms with Crippen molar-refractivity contribution < 1.29 is 19.4 Å². The predicted molar refractivity (Wildman–Crippen MR) is 108 cm³/mol. The van der Waals surface area contributed by atoms with Crippen LogP contribution in [0.3, 0.4) is 0 Å². The second-order valence-electron chi connectivity index (χ2n) is 5.67. The van der Waals surface area contributed by atoms with Gasteiger partial charge in [0.05, 0.1) is 10.0 Å². The lowest BCUT2D eigenvalue weighted by Gasteiger charge is -2.09. The Kier molecular flexibility index (Phi) is 7.44. The second-order valence-corrected chi connectivity index (χ2v) is 6.48. The fourth-order valence-electron chi connectivity index (χ4n) is 2.27. The van der Waals surface area contributed by atoms with Crippen molar-refractivity contribution in [3.63, 3.8) is 0 Å². The Labute approximate surface area is 171 Å². The van der Waals surface area contributed by atoms with Crippen LogP contribution >= 0.6 is 23.2 Å². The van der Waals surface area contributed by atoms with Gasteiger partial charge in [-0.2, -0.15) is 5.26 Å². The average Bonchev–Trinajstić information content (AvgIpc) is 2.65. The molecule has 2 aromatic rings. The molecule has 0 unspecified atom stereocenters. The van der Waals surface area contributed by atoms with Gasteiger partial charge in [0.1, 0.15) is 11.6 Å². The summed E-state index contributed by atoms with van der Waals surface area (Å²) < 4.78 is 5.03. The molecule has 8 heteroatoms. The number of hydrogen-bond acceptors (Lipinski definition) is 4. The Balaban J connectivity index is 2.21. The third-order valence-electron chi connectivity index (χ3n) is 3.66. The zero-order valence-electron chi connectivity index (χ0n) is 14.8. The van der Waals surface area contributed by atoms with Gasteiger partial charge in [-0.1, -0.05) is 42.3 Å². The van der Waals surface area contributed by atoms with Crippen LogP contribution in [0.1, 0.15) is 18.1 Å². The van der Waals surface area contributed by atoms with Crippen LogP contribution in [0.5, 0.6) is 5.75 Å². The lowest BCUT2D eigenvalue weighted by atomic mass is 10.1. The topological polar surface area (TPSA) is 99.4 Å². The Hall–Kier alpha value is -3.01. The number of carboxylic acid groups (broad SMARTS) is 1. The molecule has 144 valence electrons. The maximum atomic E-state index is 12.4. The smallest absolute Gasteiger partial charge is 0.341 e. The highest BCUT2D eigenvalue weighted by atomic mass is 35.5. The summed E-state index contributed by atoms with van der Waals surface area (Å²) in [5, 5.41) is 20.8. The largest absolute Gasteiger partial charge is 0.479 e. The Morgan fingerprint density at radius 1 is 1.21 bits per heavy atom. The minimum atomic E-state index is -1.17. The van der Waals surface area contributed by atoms with E-state index in [2.05, 4.69) is 5.32 Å². The highest BCUT2D eigenvalue weighted by molar-refractivity contribution is 6.37. The number of nitrogens with one attached hydrogen (secondary N) is 1. The first-order chi connectivity index (χ1) is 13.3. The number of carbonyl (C=O) groups is 2. The Morgan fingerprint density at radius 3 is 2.32 bits per heavy atom. The van der Waals surface area contributed by atoms with E-state index in [1.165, 1.54) is 18.2 Å². The molecule has 1 amide bonds. The zero-order valence-corrected chi connectivity index (χ0v) is 16.3. The number of nitriles is 1. The molecule has 0 aliphatic heterocycles. The number of carbonyl (C=O) groups excluding carboxylic acids is 1. The van der Waals surface area contributed by atoms with Gasteiger partial charge in [0.15, 0.2) is 12.4 Å². The number of nitrogens with zero attached hydrogens (tertiary/aromatic N) is 1. The summed E-state index contributed by atoms with van der Waals surface area (Å²) in [5.41, 5.74) is 1.94. The highest BCUT2D eigenvalue weighted by Gasteiger charge is 2.14. The van der Waals surface area contributed by atoms with E-state index in [9.17, 15) is 14.9 Å². The SMILES string of the molecule is CCc1ccc(NC(=O)/C(C#N)=C/c2cc(Cl)c(OCC(=O)O)c(Cl)c2)cc1. The standard InChI is InChI=1S/C20H16Cl2N2O4/c1-2-12-3-5-15(6-4-12)24-20(27)14(10-23)7-13-8-16(21)19(17(22)9-13)28-11-18(25)26/h3-9H,2,11H2,1H3,(H,24,27)(H,25,26)/b14-7+. The first kappa shape index (κ1) is 21.3. The maximum Gasteiger partial charge on any atom is 0.341 e. The molecule has 0 heterocycles. The minimum absolute atomic E-state index is 0.0156. The number of amides is 1. The van der Waals surface area contributed by atoms with E-state index in [0.29, 0.717) is 11.3 Å². The molecule has 0 radical (unpaired) electrons. The zero-order chi connectivity index (χ0) is 20.7. The number of carboxylic acids is 1. The lowest BCUT2D eigenvalue weighted by Crippen LogP contribution is -2.13. The molecule has 0 atom stereocenters. The molecule has 2 N–H and O–H groups in total. The van der Waals surface area contributed by atoms with Crippen LogP contribution in [0.25, 0.3) is 6.08 Å². The van der Waals surface area contributed by atoms with Gasteiger partial charge < -0.3 is 15.2 Å². The average molecular weight is 419 g/mol. The van der Waals surface area contributed by atoms with Gasteiger partial charge >= 0.3 is 5.97 Å². The van der Waals surface area contributed by atoms with Crippen molar-refractivity contribution in [3.05, 3.63) is 63.1 Å². The number of rotatable bonds is 7. The number of aryl methyl sites for hydroxylation is 1. The molecule has 0 saturated carbocycles. The molecule has 28 heavy (non-hydrogen) atoms. The predicted octanol–water partition coefficient (Wildman–Crippen LogP) is 4.56. The van der Waals surface area contributed by atoms with E-state index in [1.54, 1.807) is 12.1 Å². The van der Waals surface area contributed by atoms with Gasteiger partial charge in [-0.25, -0.2) is 4.79 Å². The van der Waals surface area contributed by atoms with E-state index in [-0.39, 0.29) is 21.4 Å². The van der Waals surface area contributed by atoms with Crippen LogP contribution in [0.4, 0.5) is 5.69 Å². The quantitative estimate of drug-likeness (QED) is 0.506. The van der Waals surface area contributed by atoms with Gasteiger partial charge in [-0.15, -0.1) is 0 Å². The number of aliphatic carboxylic acids is 1. The van der Waals surface area contributed by atoms with Gasteiger partial charge in [0, 0.05) is 5.69 Å². The van der Waals surface area contributed by atoms with E-state index in [4.69, 9.17) is 33.0 Å². The summed E-state index contributed by atoms with van der Waals surface area (Å²) in [7, 11) is 0. The molecule has 0 spiro atoms. The Morgan fingerprint density at radius 2 is 1.82 bits per heavy atom. The van der Waals surface area contributed by atoms with Crippen LogP contribution in [0.2, 0.25) is 10.0 Å².